The molecular formula is C20H18NO2S2+. The van der Waals surface area contributed by atoms with E-state index in [9.17, 15) is 0 Å². The Bertz CT molecular complexity index is 793. The molecule has 0 atom stereocenters. The van der Waals surface area contributed by atoms with Crippen LogP contribution in [0.15, 0.2) is 48.5 Å². The van der Waals surface area contributed by atoms with Gasteiger partial charge in [0.05, 0.1) is 14.2 Å². The van der Waals surface area contributed by atoms with Crippen LogP contribution in [-0.4, -0.2) is 19.2 Å². The number of methoxy groups -OCH3 is 2. The van der Waals surface area contributed by atoms with Crippen molar-refractivity contribution in [1.29, 1.82) is 0 Å². The molecule has 0 amide bonds. The maximum absolute atomic E-state index is 5.16. The third kappa shape index (κ3) is 4.98. The van der Waals surface area contributed by atoms with E-state index in [0.717, 1.165) is 32.6 Å². The van der Waals surface area contributed by atoms with Gasteiger partial charge in [-0.3, -0.25) is 0 Å². The number of nitrogens with zero attached hydrogens (tertiary/aromatic N) is 1. The highest BCUT2D eigenvalue weighted by molar-refractivity contribution is 7.69. The molecule has 0 aliphatic rings. The lowest BCUT2D eigenvalue weighted by molar-refractivity contribution is 0.414. The quantitative estimate of drug-likeness (QED) is 0.404. The van der Waals surface area contributed by atoms with E-state index in [-0.39, 0.29) is 0 Å². The summed E-state index contributed by atoms with van der Waals surface area (Å²) in [6.45, 7) is 0. The van der Waals surface area contributed by atoms with E-state index in [4.69, 9.17) is 9.47 Å². The molecule has 0 bridgehead atoms. The van der Waals surface area contributed by atoms with Crippen LogP contribution in [-0.2, 0) is 0 Å². The molecule has 5 heteroatoms. The lowest BCUT2D eigenvalue weighted by atomic mass is 10.2. The van der Waals surface area contributed by atoms with Crippen LogP contribution < -0.4 is 9.47 Å². The summed E-state index contributed by atoms with van der Waals surface area (Å²) < 4.78 is 10.3. The average molecular weight is 369 g/mol. The molecule has 3 rings (SSSR count). The lowest BCUT2D eigenvalue weighted by Gasteiger charge is -1.98. The van der Waals surface area contributed by atoms with Gasteiger partial charge >= 0.3 is 15.3 Å². The first kappa shape index (κ1) is 17.3. The second kappa shape index (κ2) is 8.55. The minimum atomic E-state index is 0.861. The molecule has 0 fully saturated rings. The summed E-state index contributed by atoms with van der Waals surface area (Å²) in [4.78, 5) is 4.62. The van der Waals surface area contributed by atoms with E-state index in [1.807, 2.05) is 60.7 Å². The summed E-state index contributed by atoms with van der Waals surface area (Å²) >= 11 is 0. The van der Waals surface area contributed by atoms with Crippen molar-refractivity contribution in [1.82, 2.24) is 4.98 Å². The largest absolute Gasteiger partial charge is 0.497 e. The number of aromatic nitrogens is 1. The zero-order valence-electron chi connectivity index (χ0n) is 14.0. The monoisotopic (exact) mass is 368 g/mol. The van der Waals surface area contributed by atoms with Crippen LogP contribution in [0, 0.1) is 0 Å². The van der Waals surface area contributed by atoms with Gasteiger partial charge in [-0.15, -0.1) is 0 Å². The Morgan fingerprint density at radius 2 is 1.28 bits per heavy atom. The number of hydrogen-bond acceptors (Lipinski definition) is 4. The van der Waals surface area contributed by atoms with Gasteiger partial charge in [0.25, 0.3) is 0 Å². The van der Waals surface area contributed by atoms with Crippen molar-refractivity contribution in [2.24, 2.45) is 0 Å². The van der Waals surface area contributed by atoms with E-state index in [2.05, 4.69) is 17.1 Å². The SMILES string of the molecule is COc1ccc(/C=C/c2nc(/C=C/c3ccc(OC)cc3)[s+]s2)cc1. The molecule has 126 valence electrons. The molecule has 0 spiro atoms. The van der Waals surface area contributed by atoms with Crippen molar-refractivity contribution in [3.63, 3.8) is 0 Å². The third-order valence-electron chi connectivity index (χ3n) is 3.50. The van der Waals surface area contributed by atoms with Gasteiger partial charge in [0, 0.05) is 6.08 Å². The third-order valence-corrected chi connectivity index (χ3v) is 5.66. The Kier molecular flexibility index (Phi) is 5.93. The topological polar surface area (TPSA) is 31.4 Å². The molecule has 0 aliphatic heterocycles. The number of benzene rings is 2. The van der Waals surface area contributed by atoms with Crippen molar-refractivity contribution >= 4 is 45.0 Å². The molecule has 2 aromatic carbocycles. The molecule has 1 aromatic heterocycles. The van der Waals surface area contributed by atoms with Gasteiger partial charge in [0.1, 0.15) is 11.5 Å². The molecule has 3 nitrogen and oxygen atoms in total. The van der Waals surface area contributed by atoms with Crippen molar-refractivity contribution in [2.45, 2.75) is 0 Å². The van der Waals surface area contributed by atoms with Gasteiger partial charge in [-0.05, 0) is 47.5 Å². The normalized spacial score (nSPS) is 11.3. The predicted molar refractivity (Wildman–Crippen MR) is 108 cm³/mol. The van der Waals surface area contributed by atoms with Crippen LogP contribution in [0.5, 0.6) is 11.5 Å². The summed E-state index contributed by atoms with van der Waals surface area (Å²) in [5.74, 6) is 1.72. The Labute approximate surface area is 154 Å². The molecular weight excluding hydrogens is 350 g/mol. The molecule has 0 unspecified atom stereocenters. The Hall–Kier alpha value is -2.50. The maximum atomic E-state index is 5.16. The first-order chi connectivity index (χ1) is 12.3. The molecule has 1 heterocycles. The van der Waals surface area contributed by atoms with Gasteiger partial charge in [-0.25, -0.2) is 0 Å². The molecule has 3 aromatic rings. The highest BCUT2D eigenvalue weighted by Gasteiger charge is 2.10. The van der Waals surface area contributed by atoms with E-state index in [1.165, 1.54) is 0 Å². The molecule has 0 saturated carbocycles. The summed E-state index contributed by atoms with van der Waals surface area (Å²) in [6, 6.07) is 15.9. The minimum Gasteiger partial charge on any atom is -0.497 e. The summed E-state index contributed by atoms with van der Waals surface area (Å²) in [6.07, 6.45) is 8.19. The van der Waals surface area contributed by atoms with Crippen LogP contribution >= 0.6 is 20.7 Å². The highest BCUT2D eigenvalue weighted by Crippen LogP contribution is 2.23. The molecule has 0 saturated heterocycles. The number of rotatable bonds is 6. The van der Waals surface area contributed by atoms with E-state index in [1.54, 1.807) is 34.9 Å². The highest BCUT2D eigenvalue weighted by atomic mass is 32.9. The lowest BCUT2D eigenvalue weighted by Crippen LogP contribution is -1.81. The minimum absolute atomic E-state index is 0.861. The van der Waals surface area contributed by atoms with Crippen LogP contribution in [0.1, 0.15) is 21.1 Å². The summed E-state index contributed by atoms with van der Waals surface area (Å²) in [5, 5.41) is 1.99. The van der Waals surface area contributed by atoms with Gasteiger partial charge in [0.15, 0.2) is 15.3 Å². The van der Waals surface area contributed by atoms with Gasteiger partial charge in [-0.1, -0.05) is 30.3 Å². The van der Waals surface area contributed by atoms with Gasteiger partial charge in [0.2, 0.25) is 0 Å². The fraction of sp³-hybridized carbons (Fsp3) is 0.100. The van der Waals surface area contributed by atoms with Crippen molar-refractivity contribution in [3.8, 4) is 11.5 Å². The predicted octanol–water partition coefficient (Wildman–Crippen LogP) is 5.84. The number of hydrogen-bond donors (Lipinski definition) is 0. The van der Waals surface area contributed by atoms with Gasteiger partial charge < -0.3 is 9.47 Å². The van der Waals surface area contributed by atoms with Crippen LogP contribution in [0.25, 0.3) is 24.3 Å². The zero-order chi connectivity index (χ0) is 17.5. The molecule has 25 heavy (non-hydrogen) atoms. The van der Waals surface area contributed by atoms with Gasteiger partial charge in [-0.2, -0.15) is 4.98 Å². The maximum Gasteiger partial charge on any atom is 0.341 e. The average Bonchev–Trinajstić information content (AvgIpc) is 3.13. The Morgan fingerprint density at radius 1 is 0.760 bits per heavy atom. The van der Waals surface area contributed by atoms with Crippen LogP contribution in [0.2, 0.25) is 0 Å². The van der Waals surface area contributed by atoms with E-state index >= 15 is 0 Å². The van der Waals surface area contributed by atoms with Crippen LogP contribution in [0.3, 0.4) is 0 Å². The second-order valence-corrected chi connectivity index (χ2v) is 7.34. The van der Waals surface area contributed by atoms with E-state index < -0.39 is 0 Å². The Balaban J connectivity index is 1.64. The number of ether oxygens (including phenoxy) is 2. The van der Waals surface area contributed by atoms with Crippen LogP contribution in [0.4, 0.5) is 0 Å². The molecule has 0 radical (unpaired) electrons. The zero-order valence-corrected chi connectivity index (χ0v) is 15.6. The molecule has 0 aliphatic carbocycles. The smallest absolute Gasteiger partial charge is 0.341 e. The second-order valence-electron chi connectivity index (χ2n) is 5.17. The van der Waals surface area contributed by atoms with Crippen molar-refractivity contribution < 1.29 is 9.47 Å². The first-order valence-corrected chi connectivity index (χ1v) is 9.86. The van der Waals surface area contributed by atoms with Crippen molar-refractivity contribution in [2.75, 3.05) is 14.2 Å². The molecule has 0 N–H and O–H groups in total. The van der Waals surface area contributed by atoms with E-state index in [0.29, 0.717) is 0 Å². The summed E-state index contributed by atoms with van der Waals surface area (Å²) in [5.41, 5.74) is 2.24. The fourth-order valence-corrected chi connectivity index (χ4v) is 3.94. The summed E-state index contributed by atoms with van der Waals surface area (Å²) in [7, 11) is 6.67. The fourth-order valence-electron chi connectivity index (χ4n) is 2.13. The first-order valence-electron chi connectivity index (χ1n) is 7.71. The van der Waals surface area contributed by atoms with Crippen molar-refractivity contribution in [3.05, 3.63) is 69.7 Å². The Morgan fingerprint density at radius 3 is 1.80 bits per heavy atom. The standard InChI is InChI=1S/C20H18NO2S2/c1-22-17-9-3-15(4-10-17)7-13-19-21-20(25-24-19)14-8-16-5-11-18(23-2)12-6-16/h3-14H,1-2H3/q+1/b13-7+,14-8+.